The zero-order chi connectivity index (χ0) is 11.7. The zero-order valence-electron chi connectivity index (χ0n) is 9.11. The minimum absolute atomic E-state index is 0.0437. The van der Waals surface area contributed by atoms with Gasteiger partial charge in [-0.05, 0) is 34.0 Å². The average molecular weight is 317 g/mol. The Bertz CT molecular complexity index is 476. The quantitative estimate of drug-likeness (QED) is 0.917. The maximum Gasteiger partial charge on any atom is 0.110 e. The normalized spacial score (nSPS) is 13.3. The molecule has 16 heavy (non-hydrogen) atoms. The molecule has 2 nitrogen and oxygen atoms in total. The van der Waals surface area contributed by atoms with E-state index in [0.717, 1.165) is 14.5 Å². The summed E-state index contributed by atoms with van der Waals surface area (Å²) in [6, 6.07) is 4.16. The molecule has 0 saturated heterocycles. The average Bonchev–Trinajstić information content (AvgIpc) is 2.84. The smallest absolute Gasteiger partial charge is 0.110 e. The zero-order valence-corrected chi connectivity index (χ0v) is 12.3. The van der Waals surface area contributed by atoms with Crippen molar-refractivity contribution in [3.05, 3.63) is 26.3 Å². The Morgan fingerprint density at radius 2 is 2.12 bits per heavy atom. The van der Waals surface area contributed by atoms with E-state index in [1.165, 1.54) is 4.88 Å². The van der Waals surface area contributed by atoms with E-state index < -0.39 is 0 Å². The van der Waals surface area contributed by atoms with Gasteiger partial charge in [-0.1, -0.05) is 13.8 Å². The van der Waals surface area contributed by atoms with Gasteiger partial charge < -0.3 is 5.73 Å². The fourth-order valence-electron chi connectivity index (χ4n) is 1.29. The molecule has 2 heterocycles. The second kappa shape index (κ2) is 4.96. The first-order chi connectivity index (χ1) is 7.58. The molecule has 0 bridgehead atoms. The first kappa shape index (κ1) is 12.2. The first-order valence-electron chi connectivity index (χ1n) is 5.04. The molecule has 0 fully saturated rings. The highest BCUT2D eigenvalue weighted by Crippen LogP contribution is 2.33. The summed E-state index contributed by atoms with van der Waals surface area (Å²) in [5.74, 6) is 0.425. The van der Waals surface area contributed by atoms with E-state index in [-0.39, 0.29) is 6.04 Å². The van der Waals surface area contributed by atoms with Crippen molar-refractivity contribution in [2.75, 3.05) is 0 Å². The van der Waals surface area contributed by atoms with Crippen LogP contribution in [0.15, 0.2) is 21.3 Å². The number of hydrogen-bond acceptors (Lipinski definition) is 4. The van der Waals surface area contributed by atoms with Gasteiger partial charge in [0.15, 0.2) is 0 Å². The molecule has 2 N–H and O–H groups in total. The fraction of sp³-hybridized carbons (Fsp3) is 0.364. The van der Waals surface area contributed by atoms with Crippen LogP contribution >= 0.6 is 38.6 Å². The van der Waals surface area contributed by atoms with Crippen molar-refractivity contribution < 1.29 is 0 Å². The Labute approximate surface area is 112 Å². The maximum atomic E-state index is 6.08. The van der Waals surface area contributed by atoms with Gasteiger partial charge in [0, 0.05) is 5.38 Å². The summed E-state index contributed by atoms with van der Waals surface area (Å²) in [7, 11) is 0. The first-order valence-corrected chi connectivity index (χ1v) is 7.53. The van der Waals surface area contributed by atoms with E-state index in [2.05, 4.69) is 46.2 Å². The number of thiophene rings is 1. The summed E-state index contributed by atoms with van der Waals surface area (Å²) in [6.45, 7) is 4.24. The highest BCUT2D eigenvalue weighted by molar-refractivity contribution is 9.11. The van der Waals surface area contributed by atoms with Crippen LogP contribution in [-0.4, -0.2) is 4.98 Å². The van der Waals surface area contributed by atoms with E-state index in [0.29, 0.717) is 5.92 Å². The Kier molecular flexibility index (Phi) is 3.79. The third-order valence-corrected chi connectivity index (χ3v) is 4.94. The predicted octanol–water partition coefficient (Wildman–Crippen LogP) is 4.29. The molecule has 0 radical (unpaired) electrons. The van der Waals surface area contributed by atoms with E-state index in [1.54, 1.807) is 22.7 Å². The number of rotatable bonds is 3. The molecule has 0 saturated carbocycles. The van der Waals surface area contributed by atoms with Gasteiger partial charge in [0.1, 0.15) is 5.01 Å². The fourth-order valence-corrected chi connectivity index (χ4v) is 3.70. The number of nitrogens with two attached hydrogens (primary N) is 1. The molecule has 0 aromatic carbocycles. The standard InChI is InChI=1S/C11H13BrN2S2/c1-6(2)10(13)11-14-7(5-15-11)8-3-4-9(12)16-8/h3-6,10H,13H2,1-2H3. The lowest BCUT2D eigenvalue weighted by atomic mass is 10.1. The Morgan fingerprint density at radius 3 is 2.69 bits per heavy atom. The number of nitrogens with zero attached hydrogens (tertiary/aromatic N) is 1. The molecule has 0 spiro atoms. The molecule has 0 amide bonds. The molecule has 2 aromatic rings. The summed E-state index contributed by atoms with van der Waals surface area (Å²) >= 11 is 6.80. The molecule has 0 aliphatic rings. The molecule has 2 aromatic heterocycles. The third kappa shape index (κ3) is 2.53. The molecule has 1 unspecified atom stereocenters. The van der Waals surface area contributed by atoms with Crippen LogP contribution in [0.25, 0.3) is 10.6 Å². The molecular weight excluding hydrogens is 304 g/mol. The van der Waals surface area contributed by atoms with Crippen LogP contribution in [0.3, 0.4) is 0 Å². The summed E-state index contributed by atoms with van der Waals surface area (Å²) in [5, 5.41) is 3.10. The number of aromatic nitrogens is 1. The van der Waals surface area contributed by atoms with Crippen molar-refractivity contribution in [2.24, 2.45) is 11.7 Å². The molecular formula is C11H13BrN2S2. The van der Waals surface area contributed by atoms with Gasteiger partial charge in [0.25, 0.3) is 0 Å². The van der Waals surface area contributed by atoms with Gasteiger partial charge >= 0.3 is 0 Å². The van der Waals surface area contributed by atoms with Crippen molar-refractivity contribution in [3.63, 3.8) is 0 Å². The maximum absolute atomic E-state index is 6.08. The van der Waals surface area contributed by atoms with E-state index in [1.807, 2.05) is 6.07 Å². The van der Waals surface area contributed by atoms with Gasteiger partial charge in [-0.3, -0.25) is 0 Å². The monoisotopic (exact) mass is 316 g/mol. The van der Waals surface area contributed by atoms with Crippen LogP contribution in [0.5, 0.6) is 0 Å². The lowest BCUT2D eigenvalue weighted by molar-refractivity contribution is 0.512. The molecule has 0 aliphatic heterocycles. The van der Waals surface area contributed by atoms with Gasteiger partial charge in [-0.15, -0.1) is 22.7 Å². The highest BCUT2D eigenvalue weighted by atomic mass is 79.9. The summed E-state index contributed by atoms with van der Waals surface area (Å²) in [4.78, 5) is 5.78. The van der Waals surface area contributed by atoms with Crippen LogP contribution in [0, 0.1) is 5.92 Å². The van der Waals surface area contributed by atoms with Crippen LogP contribution in [0.4, 0.5) is 0 Å². The number of thiazole rings is 1. The second-order valence-electron chi connectivity index (χ2n) is 3.94. The van der Waals surface area contributed by atoms with Gasteiger partial charge in [0.2, 0.25) is 0 Å². The van der Waals surface area contributed by atoms with Crippen LogP contribution in [0.2, 0.25) is 0 Å². The van der Waals surface area contributed by atoms with Crippen LogP contribution in [-0.2, 0) is 0 Å². The molecule has 86 valence electrons. The van der Waals surface area contributed by atoms with E-state index in [4.69, 9.17) is 5.73 Å². The minimum Gasteiger partial charge on any atom is -0.322 e. The molecule has 1 atom stereocenters. The minimum atomic E-state index is 0.0437. The third-order valence-electron chi connectivity index (χ3n) is 2.35. The van der Waals surface area contributed by atoms with Crippen molar-refractivity contribution >= 4 is 38.6 Å². The number of halogens is 1. The van der Waals surface area contributed by atoms with Crippen molar-refractivity contribution in [3.8, 4) is 10.6 Å². The van der Waals surface area contributed by atoms with Crippen molar-refractivity contribution in [2.45, 2.75) is 19.9 Å². The Hall–Kier alpha value is -0.230. The van der Waals surface area contributed by atoms with Gasteiger partial charge in [-0.25, -0.2) is 4.98 Å². The van der Waals surface area contributed by atoms with Gasteiger partial charge in [-0.2, -0.15) is 0 Å². The van der Waals surface area contributed by atoms with Crippen LogP contribution in [0.1, 0.15) is 24.9 Å². The lowest BCUT2D eigenvalue weighted by Gasteiger charge is -2.11. The van der Waals surface area contributed by atoms with Crippen molar-refractivity contribution in [1.82, 2.24) is 4.98 Å². The summed E-state index contributed by atoms with van der Waals surface area (Å²) in [5.41, 5.74) is 7.11. The largest absolute Gasteiger partial charge is 0.322 e. The SMILES string of the molecule is CC(C)C(N)c1nc(-c2ccc(Br)s2)cs1. The summed E-state index contributed by atoms with van der Waals surface area (Å²) in [6.07, 6.45) is 0. The lowest BCUT2D eigenvalue weighted by Crippen LogP contribution is -2.16. The predicted molar refractivity (Wildman–Crippen MR) is 74.9 cm³/mol. The highest BCUT2D eigenvalue weighted by Gasteiger charge is 2.15. The van der Waals surface area contributed by atoms with Gasteiger partial charge in [0.05, 0.1) is 20.4 Å². The molecule has 5 heteroatoms. The second-order valence-corrected chi connectivity index (χ2v) is 7.30. The summed E-state index contributed by atoms with van der Waals surface area (Å²) < 4.78 is 1.13. The Balaban J connectivity index is 2.26. The topological polar surface area (TPSA) is 38.9 Å². The molecule has 0 aliphatic carbocycles. The molecule has 2 rings (SSSR count). The Morgan fingerprint density at radius 1 is 1.38 bits per heavy atom. The van der Waals surface area contributed by atoms with Crippen LogP contribution < -0.4 is 5.73 Å². The van der Waals surface area contributed by atoms with E-state index in [9.17, 15) is 0 Å². The number of hydrogen-bond donors (Lipinski definition) is 1. The van der Waals surface area contributed by atoms with E-state index >= 15 is 0 Å². The van der Waals surface area contributed by atoms with Crippen molar-refractivity contribution in [1.29, 1.82) is 0 Å².